The molecule has 2 N–H and O–H groups in total. The number of phenols is 2. The van der Waals surface area contributed by atoms with E-state index in [4.69, 9.17) is 18.9 Å². The monoisotopic (exact) mass is 490 g/mol. The van der Waals surface area contributed by atoms with Crippen LogP contribution >= 0.6 is 0 Å². The maximum atomic E-state index is 12.0. The summed E-state index contributed by atoms with van der Waals surface area (Å²) in [5.41, 5.74) is 2.91. The van der Waals surface area contributed by atoms with Gasteiger partial charge in [-0.2, -0.15) is 0 Å². The van der Waals surface area contributed by atoms with E-state index in [0.717, 1.165) is 11.1 Å². The molecule has 3 aromatic rings. The van der Waals surface area contributed by atoms with E-state index in [9.17, 15) is 19.8 Å². The summed E-state index contributed by atoms with van der Waals surface area (Å²) in [5, 5.41) is 19.2. The largest absolute Gasteiger partial charge is 0.504 e. The van der Waals surface area contributed by atoms with Crippen LogP contribution in [0.15, 0.2) is 72.8 Å². The lowest BCUT2D eigenvalue weighted by molar-refractivity contribution is -0.139. The predicted octanol–water partition coefficient (Wildman–Crippen LogP) is 4.63. The molecule has 0 spiro atoms. The lowest BCUT2D eigenvalue weighted by Gasteiger charge is -2.06. The molecule has 0 saturated carbocycles. The molecular formula is C28H26O8. The van der Waals surface area contributed by atoms with Crippen molar-refractivity contribution in [2.24, 2.45) is 0 Å². The normalized spacial score (nSPS) is 10.9. The molecule has 8 heteroatoms. The Labute approximate surface area is 208 Å². The molecule has 0 aliphatic heterocycles. The van der Waals surface area contributed by atoms with Crippen LogP contribution < -0.4 is 9.47 Å². The van der Waals surface area contributed by atoms with Gasteiger partial charge in [0.15, 0.2) is 23.0 Å². The third-order valence-electron chi connectivity index (χ3n) is 5.02. The van der Waals surface area contributed by atoms with E-state index in [1.54, 1.807) is 60.7 Å². The first-order valence-electron chi connectivity index (χ1n) is 10.9. The number of benzene rings is 3. The molecule has 0 heterocycles. The van der Waals surface area contributed by atoms with E-state index in [1.807, 2.05) is 0 Å². The summed E-state index contributed by atoms with van der Waals surface area (Å²) in [5.74, 6) is -0.379. The highest BCUT2D eigenvalue weighted by Gasteiger charge is 2.05. The molecule has 186 valence electrons. The van der Waals surface area contributed by atoms with Crippen LogP contribution in [-0.2, 0) is 32.3 Å². The lowest BCUT2D eigenvalue weighted by Crippen LogP contribution is -2.02. The average molecular weight is 491 g/mol. The molecule has 0 bridgehead atoms. The number of rotatable bonds is 10. The summed E-state index contributed by atoms with van der Waals surface area (Å²) in [6, 6.07) is 16.6. The zero-order valence-electron chi connectivity index (χ0n) is 19.8. The number of ether oxygens (including phenoxy) is 4. The molecule has 3 rings (SSSR count). The van der Waals surface area contributed by atoms with Gasteiger partial charge in [-0.1, -0.05) is 36.4 Å². The van der Waals surface area contributed by atoms with Crippen LogP contribution in [-0.4, -0.2) is 36.4 Å². The second-order valence-corrected chi connectivity index (χ2v) is 7.56. The summed E-state index contributed by atoms with van der Waals surface area (Å²) in [4.78, 5) is 24.0. The van der Waals surface area contributed by atoms with Crippen LogP contribution in [0.5, 0.6) is 23.0 Å². The van der Waals surface area contributed by atoms with Crippen molar-refractivity contribution in [3.8, 4) is 23.0 Å². The van der Waals surface area contributed by atoms with Crippen molar-refractivity contribution >= 4 is 24.1 Å². The highest BCUT2D eigenvalue weighted by Crippen LogP contribution is 2.27. The van der Waals surface area contributed by atoms with Crippen molar-refractivity contribution in [3.05, 3.63) is 95.1 Å². The predicted molar refractivity (Wildman–Crippen MR) is 133 cm³/mol. The molecular weight excluding hydrogens is 464 g/mol. The molecule has 0 amide bonds. The highest BCUT2D eigenvalue weighted by molar-refractivity contribution is 5.87. The lowest BCUT2D eigenvalue weighted by atomic mass is 10.1. The van der Waals surface area contributed by atoms with Gasteiger partial charge in [-0.25, -0.2) is 9.59 Å². The zero-order valence-corrected chi connectivity index (χ0v) is 19.8. The molecule has 0 saturated heterocycles. The Bertz CT molecular complexity index is 1160. The van der Waals surface area contributed by atoms with Crippen molar-refractivity contribution in [1.29, 1.82) is 0 Å². The molecule has 0 atom stereocenters. The summed E-state index contributed by atoms with van der Waals surface area (Å²) < 4.78 is 20.6. The minimum Gasteiger partial charge on any atom is -0.504 e. The smallest absolute Gasteiger partial charge is 0.331 e. The topological polar surface area (TPSA) is 112 Å². The van der Waals surface area contributed by atoms with Gasteiger partial charge in [0.1, 0.15) is 13.2 Å². The second-order valence-electron chi connectivity index (χ2n) is 7.56. The van der Waals surface area contributed by atoms with Crippen LogP contribution in [0.25, 0.3) is 12.2 Å². The quantitative estimate of drug-likeness (QED) is 0.313. The third-order valence-corrected chi connectivity index (χ3v) is 5.02. The Morgan fingerprint density at radius 1 is 0.667 bits per heavy atom. The van der Waals surface area contributed by atoms with Gasteiger partial charge >= 0.3 is 11.9 Å². The molecule has 0 aromatic heterocycles. The average Bonchev–Trinajstić information content (AvgIpc) is 2.90. The summed E-state index contributed by atoms with van der Waals surface area (Å²) in [7, 11) is 2.89. The van der Waals surface area contributed by atoms with Crippen LogP contribution in [0.2, 0.25) is 0 Å². The number of carbonyl (C=O) groups is 2. The van der Waals surface area contributed by atoms with E-state index in [1.165, 1.54) is 38.5 Å². The Balaban J connectivity index is 1.44. The molecule has 0 unspecified atom stereocenters. The minimum absolute atomic E-state index is 0.0158. The standard InChI is InChI=1S/C28H26O8/c1-33-25-15-19(7-11-23(25)29)9-13-27(31)35-17-21-3-5-22(6-4-21)18-36-28(32)14-10-20-8-12-24(30)26(16-20)34-2/h3-16,29-30H,17-18H2,1-2H3. The summed E-state index contributed by atoms with van der Waals surface area (Å²) in [6.45, 7) is 0.169. The maximum Gasteiger partial charge on any atom is 0.331 e. The van der Waals surface area contributed by atoms with Crippen molar-refractivity contribution in [3.63, 3.8) is 0 Å². The van der Waals surface area contributed by atoms with Crippen molar-refractivity contribution < 1.29 is 38.7 Å². The Morgan fingerprint density at radius 3 is 1.42 bits per heavy atom. The number of phenolic OH excluding ortho intramolecular Hbond substituents is 2. The fourth-order valence-electron chi connectivity index (χ4n) is 3.06. The zero-order chi connectivity index (χ0) is 25.9. The summed E-state index contributed by atoms with van der Waals surface area (Å²) >= 11 is 0. The summed E-state index contributed by atoms with van der Waals surface area (Å²) in [6.07, 6.45) is 5.71. The number of esters is 2. The van der Waals surface area contributed by atoms with E-state index in [-0.39, 0.29) is 24.7 Å². The highest BCUT2D eigenvalue weighted by atomic mass is 16.5. The van der Waals surface area contributed by atoms with Gasteiger partial charge in [0, 0.05) is 12.2 Å². The van der Waals surface area contributed by atoms with E-state index in [0.29, 0.717) is 22.6 Å². The second kappa shape index (κ2) is 12.7. The van der Waals surface area contributed by atoms with E-state index in [2.05, 4.69) is 0 Å². The first kappa shape index (κ1) is 25.9. The van der Waals surface area contributed by atoms with Gasteiger partial charge in [0.05, 0.1) is 14.2 Å². The molecule has 36 heavy (non-hydrogen) atoms. The Kier molecular flexibility index (Phi) is 9.11. The SMILES string of the molecule is COc1cc(C=CC(=O)OCc2ccc(COC(=O)C=Cc3ccc(O)c(OC)c3)cc2)ccc1O. The molecule has 0 fully saturated rings. The van der Waals surface area contributed by atoms with E-state index >= 15 is 0 Å². The Morgan fingerprint density at radius 2 is 1.06 bits per heavy atom. The van der Waals surface area contributed by atoms with Crippen molar-refractivity contribution in [2.45, 2.75) is 13.2 Å². The molecule has 3 aromatic carbocycles. The van der Waals surface area contributed by atoms with Gasteiger partial charge in [-0.15, -0.1) is 0 Å². The first-order valence-corrected chi connectivity index (χ1v) is 10.9. The van der Waals surface area contributed by atoms with Gasteiger partial charge in [0.2, 0.25) is 0 Å². The van der Waals surface area contributed by atoms with Crippen LogP contribution in [0, 0.1) is 0 Å². The number of hydrogen-bond donors (Lipinski definition) is 2. The van der Waals surface area contributed by atoms with Crippen molar-refractivity contribution in [1.82, 2.24) is 0 Å². The van der Waals surface area contributed by atoms with Gasteiger partial charge in [-0.05, 0) is 58.7 Å². The van der Waals surface area contributed by atoms with Gasteiger partial charge < -0.3 is 29.2 Å². The molecule has 0 aliphatic rings. The van der Waals surface area contributed by atoms with Crippen LogP contribution in [0.3, 0.4) is 0 Å². The van der Waals surface area contributed by atoms with Gasteiger partial charge in [0.25, 0.3) is 0 Å². The minimum atomic E-state index is -0.516. The number of hydrogen-bond acceptors (Lipinski definition) is 8. The number of methoxy groups -OCH3 is 2. The first-order chi connectivity index (χ1) is 17.4. The number of aromatic hydroxyl groups is 2. The molecule has 0 aliphatic carbocycles. The maximum absolute atomic E-state index is 12.0. The van der Waals surface area contributed by atoms with Crippen LogP contribution in [0.1, 0.15) is 22.3 Å². The van der Waals surface area contributed by atoms with Crippen LogP contribution in [0.4, 0.5) is 0 Å². The Hall–Kier alpha value is -4.72. The fraction of sp³-hybridized carbons (Fsp3) is 0.143. The molecule has 0 radical (unpaired) electrons. The van der Waals surface area contributed by atoms with E-state index < -0.39 is 11.9 Å². The number of carbonyl (C=O) groups excluding carboxylic acids is 2. The van der Waals surface area contributed by atoms with Crippen molar-refractivity contribution in [2.75, 3.05) is 14.2 Å². The molecule has 8 nitrogen and oxygen atoms in total. The fourth-order valence-corrected chi connectivity index (χ4v) is 3.06. The third kappa shape index (κ3) is 7.66. The van der Waals surface area contributed by atoms with Gasteiger partial charge in [-0.3, -0.25) is 0 Å².